The monoisotopic (exact) mass is 213 g/mol. The lowest BCUT2D eigenvalue weighted by Gasteiger charge is -2.39. The molecular formula is C11H19NOS. The van der Waals surface area contributed by atoms with Crippen molar-refractivity contribution in [1.82, 2.24) is 4.90 Å². The van der Waals surface area contributed by atoms with Gasteiger partial charge < -0.3 is 10.0 Å². The maximum atomic E-state index is 10.3. The lowest BCUT2D eigenvalue weighted by atomic mass is 9.89. The minimum atomic E-state index is -0.400. The van der Waals surface area contributed by atoms with Crippen LogP contribution in [0.2, 0.25) is 0 Å². The Balaban J connectivity index is 2.90. The van der Waals surface area contributed by atoms with Gasteiger partial charge in [-0.1, -0.05) is 13.0 Å². The van der Waals surface area contributed by atoms with E-state index in [0.29, 0.717) is 0 Å². The smallest absolute Gasteiger partial charge is 0.106 e. The number of rotatable bonds is 4. The molecule has 1 heterocycles. The van der Waals surface area contributed by atoms with Crippen LogP contribution in [0, 0.1) is 0 Å². The van der Waals surface area contributed by atoms with Crippen LogP contribution < -0.4 is 0 Å². The van der Waals surface area contributed by atoms with E-state index in [1.165, 1.54) is 0 Å². The molecule has 1 aromatic heterocycles. The fourth-order valence-corrected chi connectivity index (χ4v) is 2.36. The summed E-state index contributed by atoms with van der Waals surface area (Å²) in [5.41, 5.74) is -0.176. The van der Waals surface area contributed by atoms with Crippen molar-refractivity contribution in [2.45, 2.75) is 31.9 Å². The molecule has 1 N–H and O–H groups in total. The molecule has 3 heteroatoms. The van der Waals surface area contributed by atoms with Gasteiger partial charge in [0, 0.05) is 10.4 Å². The van der Waals surface area contributed by atoms with E-state index in [4.69, 9.17) is 0 Å². The maximum absolute atomic E-state index is 10.3. The van der Waals surface area contributed by atoms with E-state index >= 15 is 0 Å². The van der Waals surface area contributed by atoms with Crippen molar-refractivity contribution in [3.05, 3.63) is 22.4 Å². The minimum absolute atomic E-state index is 0.176. The highest BCUT2D eigenvalue weighted by atomic mass is 32.1. The van der Waals surface area contributed by atoms with Crippen LogP contribution in [0.1, 0.15) is 31.2 Å². The first kappa shape index (κ1) is 11.7. The summed E-state index contributed by atoms with van der Waals surface area (Å²) in [4.78, 5) is 3.14. The fraction of sp³-hybridized carbons (Fsp3) is 0.636. The Labute approximate surface area is 90.2 Å². The van der Waals surface area contributed by atoms with Crippen LogP contribution in [-0.4, -0.2) is 29.6 Å². The van der Waals surface area contributed by atoms with Crippen LogP contribution in [0.4, 0.5) is 0 Å². The van der Waals surface area contributed by atoms with Crippen molar-refractivity contribution in [1.29, 1.82) is 0 Å². The Morgan fingerprint density at radius 1 is 1.57 bits per heavy atom. The Bertz CT molecular complexity index is 271. The van der Waals surface area contributed by atoms with Gasteiger partial charge >= 0.3 is 0 Å². The quantitative estimate of drug-likeness (QED) is 0.830. The molecule has 0 aromatic carbocycles. The van der Waals surface area contributed by atoms with Gasteiger partial charge in [0.1, 0.15) is 6.10 Å². The van der Waals surface area contributed by atoms with E-state index < -0.39 is 6.10 Å². The highest BCUT2D eigenvalue weighted by molar-refractivity contribution is 7.10. The summed E-state index contributed by atoms with van der Waals surface area (Å²) in [7, 11) is 4.03. The van der Waals surface area contributed by atoms with Gasteiger partial charge in [-0.25, -0.2) is 0 Å². The Hall–Kier alpha value is -0.380. The molecule has 0 fully saturated rings. The van der Waals surface area contributed by atoms with Gasteiger partial charge in [-0.15, -0.1) is 11.3 Å². The highest BCUT2D eigenvalue weighted by Crippen LogP contribution is 2.34. The summed E-state index contributed by atoms with van der Waals surface area (Å²) >= 11 is 1.61. The van der Waals surface area contributed by atoms with Crippen LogP contribution in [0.5, 0.6) is 0 Å². The van der Waals surface area contributed by atoms with Gasteiger partial charge in [0.15, 0.2) is 0 Å². The van der Waals surface area contributed by atoms with E-state index in [-0.39, 0.29) is 5.54 Å². The summed E-state index contributed by atoms with van der Waals surface area (Å²) in [5.74, 6) is 0. The molecular weight excluding hydrogens is 194 g/mol. The maximum Gasteiger partial charge on any atom is 0.106 e. The molecule has 0 aliphatic carbocycles. The molecule has 0 radical (unpaired) electrons. The first-order valence-corrected chi connectivity index (χ1v) is 5.79. The molecule has 0 bridgehead atoms. The van der Waals surface area contributed by atoms with Crippen LogP contribution in [0.25, 0.3) is 0 Å². The number of thiophene rings is 1. The third kappa shape index (κ3) is 2.00. The normalized spacial score (nSPS) is 18.1. The van der Waals surface area contributed by atoms with Crippen LogP contribution >= 0.6 is 11.3 Å². The van der Waals surface area contributed by atoms with Crippen LogP contribution in [0.15, 0.2) is 17.5 Å². The van der Waals surface area contributed by atoms with Gasteiger partial charge in [-0.2, -0.15) is 0 Å². The van der Waals surface area contributed by atoms with Crippen molar-refractivity contribution in [2.75, 3.05) is 14.1 Å². The molecule has 0 saturated carbocycles. The minimum Gasteiger partial charge on any atom is -0.386 e. The largest absolute Gasteiger partial charge is 0.386 e. The zero-order valence-corrected chi connectivity index (χ0v) is 10.1. The number of hydrogen-bond donors (Lipinski definition) is 1. The fourth-order valence-electron chi connectivity index (χ4n) is 1.51. The molecule has 2 unspecified atom stereocenters. The molecule has 0 spiro atoms. The summed E-state index contributed by atoms with van der Waals surface area (Å²) in [6.07, 6.45) is 0.529. The SMILES string of the molecule is CCC(C)(C(O)c1cccs1)N(C)C. The van der Waals surface area contributed by atoms with Gasteiger partial charge in [0.2, 0.25) is 0 Å². The second-order valence-electron chi connectivity index (χ2n) is 4.02. The van der Waals surface area contributed by atoms with Crippen molar-refractivity contribution < 1.29 is 5.11 Å². The number of aliphatic hydroxyl groups is 1. The number of likely N-dealkylation sites (N-methyl/N-ethyl adjacent to an activating group) is 1. The third-order valence-electron chi connectivity index (χ3n) is 3.14. The molecule has 0 saturated heterocycles. The second kappa shape index (κ2) is 4.43. The van der Waals surface area contributed by atoms with E-state index in [0.717, 1.165) is 11.3 Å². The molecule has 14 heavy (non-hydrogen) atoms. The van der Waals surface area contributed by atoms with Crippen molar-refractivity contribution in [3.8, 4) is 0 Å². The Kier molecular flexibility index (Phi) is 3.70. The van der Waals surface area contributed by atoms with Crippen molar-refractivity contribution >= 4 is 11.3 Å². The summed E-state index contributed by atoms with van der Waals surface area (Å²) in [5, 5.41) is 12.3. The number of hydrogen-bond acceptors (Lipinski definition) is 3. The molecule has 80 valence electrons. The van der Waals surface area contributed by atoms with Gasteiger partial charge in [-0.05, 0) is 38.9 Å². The van der Waals surface area contributed by atoms with Gasteiger partial charge in [0.05, 0.1) is 0 Å². The molecule has 0 aliphatic rings. The summed E-state index contributed by atoms with van der Waals surface area (Å²) < 4.78 is 0. The summed E-state index contributed by atoms with van der Waals surface area (Å²) in [6.45, 7) is 4.20. The lowest BCUT2D eigenvalue weighted by Crippen LogP contribution is -2.45. The predicted octanol–water partition coefficient (Wildman–Crippen LogP) is 2.51. The van der Waals surface area contributed by atoms with E-state index in [2.05, 4.69) is 18.7 Å². The molecule has 2 atom stereocenters. The van der Waals surface area contributed by atoms with E-state index in [1.54, 1.807) is 11.3 Å². The van der Waals surface area contributed by atoms with E-state index in [9.17, 15) is 5.11 Å². The predicted molar refractivity (Wildman–Crippen MR) is 61.7 cm³/mol. The standard InChI is InChI=1S/C11H19NOS/c1-5-11(2,12(3)4)10(13)9-7-6-8-14-9/h6-8,10,13H,5H2,1-4H3. The molecule has 1 rings (SSSR count). The molecule has 2 nitrogen and oxygen atoms in total. The molecule has 0 aliphatic heterocycles. The van der Waals surface area contributed by atoms with Gasteiger partial charge in [-0.3, -0.25) is 0 Å². The van der Waals surface area contributed by atoms with Crippen molar-refractivity contribution in [3.63, 3.8) is 0 Å². The topological polar surface area (TPSA) is 23.5 Å². The zero-order chi connectivity index (χ0) is 10.8. The van der Waals surface area contributed by atoms with Crippen LogP contribution in [-0.2, 0) is 0 Å². The first-order valence-electron chi connectivity index (χ1n) is 4.91. The number of nitrogens with zero attached hydrogens (tertiary/aromatic N) is 1. The number of aliphatic hydroxyl groups excluding tert-OH is 1. The molecule has 0 amide bonds. The van der Waals surface area contributed by atoms with E-state index in [1.807, 2.05) is 31.6 Å². The highest BCUT2D eigenvalue weighted by Gasteiger charge is 2.34. The lowest BCUT2D eigenvalue weighted by molar-refractivity contribution is 0.00308. The Morgan fingerprint density at radius 2 is 2.21 bits per heavy atom. The third-order valence-corrected chi connectivity index (χ3v) is 4.06. The Morgan fingerprint density at radius 3 is 2.57 bits per heavy atom. The van der Waals surface area contributed by atoms with Crippen LogP contribution in [0.3, 0.4) is 0 Å². The second-order valence-corrected chi connectivity index (χ2v) is 5.00. The first-order chi connectivity index (χ1) is 6.52. The average Bonchev–Trinajstić information content (AvgIpc) is 2.67. The van der Waals surface area contributed by atoms with Gasteiger partial charge in [0.25, 0.3) is 0 Å². The zero-order valence-electron chi connectivity index (χ0n) is 9.32. The molecule has 1 aromatic rings. The average molecular weight is 213 g/mol. The summed E-state index contributed by atoms with van der Waals surface area (Å²) in [6, 6.07) is 3.97. The van der Waals surface area contributed by atoms with Crippen molar-refractivity contribution in [2.24, 2.45) is 0 Å².